The molecule has 0 bridgehead atoms. The highest BCUT2D eigenvalue weighted by molar-refractivity contribution is 5.76. The lowest BCUT2D eigenvalue weighted by molar-refractivity contribution is -0.144. The van der Waals surface area contributed by atoms with E-state index in [2.05, 4.69) is 5.32 Å². The van der Waals surface area contributed by atoms with Gasteiger partial charge in [0, 0.05) is 6.54 Å². The molecule has 2 aromatic carbocycles. The maximum atomic E-state index is 12.1. The first kappa shape index (κ1) is 17.5. The number of carbonyl (C=O) groups is 1. The Morgan fingerprint density at radius 3 is 2.46 bits per heavy atom. The smallest absolute Gasteiger partial charge is 0.324 e. The molecule has 2 rings (SSSR count). The third-order valence-corrected chi connectivity index (χ3v) is 3.44. The molecule has 0 amide bonds. The largest absolute Gasteiger partial charge is 0.449 e. The van der Waals surface area contributed by atoms with Gasteiger partial charge in [0.2, 0.25) is 0 Å². The van der Waals surface area contributed by atoms with E-state index in [0.717, 1.165) is 11.1 Å². The fraction of sp³-hybridized carbons (Fsp3) is 0.200. The van der Waals surface area contributed by atoms with Gasteiger partial charge in [0.1, 0.15) is 12.1 Å². The van der Waals surface area contributed by atoms with Gasteiger partial charge in [0.25, 0.3) is 0 Å². The molecular weight excluding hydrogens is 300 g/mol. The van der Waals surface area contributed by atoms with E-state index in [-0.39, 0.29) is 6.61 Å². The highest BCUT2D eigenvalue weighted by Crippen LogP contribution is 2.05. The Morgan fingerprint density at radius 2 is 1.79 bits per heavy atom. The number of ether oxygens (including phenoxy) is 1. The molecule has 0 heterocycles. The maximum absolute atomic E-state index is 12.1. The SMILES string of the molecule is N#CCOC(=O)[C@H](Cc1ccccc1)NC/C=C/c1ccccc1. The summed E-state index contributed by atoms with van der Waals surface area (Å²) in [5.41, 5.74) is 2.14. The van der Waals surface area contributed by atoms with E-state index in [1.165, 1.54) is 0 Å². The van der Waals surface area contributed by atoms with Crippen molar-refractivity contribution in [1.29, 1.82) is 5.26 Å². The quantitative estimate of drug-likeness (QED) is 0.760. The van der Waals surface area contributed by atoms with Crippen molar-refractivity contribution in [2.45, 2.75) is 12.5 Å². The van der Waals surface area contributed by atoms with Crippen LogP contribution in [0.4, 0.5) is 0 Å². The summed E-state index contributed by atoms with van der Waals surface area (Å²) in [6, 6.07) is 21.0. The molecule has 0 fully saturated rings. The van der Waals surface area contributed by atoms with Crippen LogP contribution in [0.15, 0.2) is 66.7 Å². The highest BCUT2D eigenvalue weighted by Gasteiger charge is 2.19. The van der Waals surface area contributed by atoms with E-state index in [4.69, 9.17) is 10.00 Å². The summed E-state index contributed by atoms with van der Waals surface area (Å²) in [6.07, 6.45) is 4.47. The Hall–Kier alpha value is -2.90. The van der Waals surface area contributed by atoms with Crippen molar-refractivity contribution in [3.8, 4) is 6.07 Å². The second-order valence-electron chi connectivity index (χ2n) is 5.23. The summed E-state index contributed by atoms with van der Waals surface area (Å²) in [5.74, 6) is -0.409. The third-order valence-electron chi connectivity index (χ3n) is 3.44. The number of carbonyl (C=O) groups excluding carboxylic acids is 1. The maximum Gasteiger partial charge on any atom is 0.324 e. The van der Waals surface area contributed by atoms with Crippen molar-refractivity contribution in [3.63, 3.8) is 0 Å². The zero-order valence-electron chi connectivity index (χ0n) is 13.4. The zero-order valence-corrected chi connectivity index (χ0v) is 13.4. The number of nitrogens with zero attached hydrogens (tertiary/aromatic N) is 1. The Labute approximate surface area is 142 Å². The summed E-state index contributed by atoms with van der Waals surface area (Å²) in [6.45, 7) is 0.305. The molecule has 122 valence electrons. The number of hydrogen-bond donors (Lipinski definition) is 1. The second-order valence-corrected chi connectivity index (χ2v) is 5.23. The lowest BCUT2D eigenvalue weighted by atomic mass is 10.1. The Morgan fingerprint density at radius 1 is 1.12 bits per heavy atom. The van der Waals surface area contributed by atoms with Crippen molar-refractivity contribution in [3.05, 3.63) is 77.9 Å². The van der Waals surface area contributed by atoms with Crippen molar-refractivity contribution in [1.82, 2.24) is 5.32 Å². The van der Waals surface area contributed by atoms with Crippen LogP contribution < -0.4 is 5.32 Å². The molecule has 0 unspecified atom stereocenters. The first-order valence-corrected chi connectivity index (χ1v) is 7.82. The lowest BCUT2D eigenvalue weighted by Gasteiger charge is -2.16. The Bertz CT molecular complexity index is 691. The summed E-state index contributed by atoms with van der Waals surface area (Å²) in [5, 5.41) is 11.7. The third kappa shape index (κ3) is 6.07. The van der Waals surface area contributed by atoms with Gasteiger partial charge in [-0.3, -0.25) is 4.79 Å². The Kier molecular flexibility index (Phi) is 7.26. The van der Waals surface area contributed by atoms with Crippen molar-refractivity contribution >= 4 is 12.0 Å². The number of esters is 1. The molecule has 1 N–H and O–H groups in total. The highest BCUT2D eigenvalue weighted by atomic mass is 16.5. The van der Waals surface area contributed by atoms with Crippen molar-refractivity contribution in [2.75, 3.05) is 13.2 Å². The fourth-order valence-corrected chi connectivity index (χ4v) is 2.26. The molecule has 0 aromatic heterocycles. The molecule has 0 saturated heterocycles. The van der Waals surface area contributed by atoms with Crippen LogP contribution in [0.3, 0.4) is 0 Å². The van der Waals surface area contributed by atoms with Crippen molar-refractivity contribution < 1.29 is 9.53 Å². The molecule has 4 nitrogen and oxygen atoms in total. The molecule has 0 spiro atoms. The minimum absolute atomic E-state index is 0.230. The average Bonchev–Trinajstić information content (AvgIpc) is 2.64. The summed E-state index contributed by atoms with van der Waals surface area (Å²) >= 11 is 0. The van der Waals surface area contributed by atoms with Crippen LogP contribution in [0.2, 0.25) is 0 Å². The second kappa shape index (κ2) is 9.98. The van der Waals surface area contributed by atoms with Crippen LogP contribution in [0.1, 0.15) is 11.1 Å². The van der Waals surface area contributed by atoms with Gasteiger partial charge in [-0.25, -0.2) is 0 Å². The van der Waals surface area contributed by atoms with E-state index < -0.39 is 12.0 Å². The van der Waals surface area contributed by atoms with E-state index in [1.807, 2.05) is 78.9 Å². The molecule has 0 saturated carbocycles. The predicted octanol–water partition coefficient (Wildman–Crippen LogP) is 2.97. The van der Waals surface area contributed by atoms with E-state index in [9.17, 15) is 4.79 Å². The number of benzene rings is 2. The molecular formula is C20H20N2O2. The molecule has 1 atom stereocenters. The lowest BCUT2D eigenvalue weighted by Crippen LogP contribution is -2.40. The average molecular weight is 320 g/mol. The monoisotopic (exact) mass is 320 g/mol. The van der Waals surface area contributed by atoms with E-state index in [0.29, 0.717) is 13.0 Å². The Balaban J connectivity index is 1.93. The molecule has 4 heteroatoms. The van der Waals surface area contributed by atoms with Gasteiger partial charge in [0.15, 0.2) is 6.61 Å². The van der Waals surface area contributed by atoms with Gasteiger partial charge in [-0.1, -0.05) is 72.8 Å². The van der Waals surface area contributed by atoms with Gasteiger partial charge < -0.3 is 10.1 Å². The number of hydrogen-bond acceptors (Lipinski definition) is 4. The normalized spacial score (nSPS) is 11.8. The topological polar surface area (TPSA) is 62.1 Å². The van der Waals surface area contributed by atoms with Crippen LogP contribution in [0, 0.1) is 11.3 Å². The van der Waals surface area contributed by atoms with E-state index in [1.54, 1.807) is 0 Å². The van der Waals surface area contributed by atoms with Gasteiger partial charge in [0.05, 0.1) is 0 Å². The minimum Gasteiger partial charge on any atom is -0.449 e. The summed E-state index contributed by atoms with van der Waals surface area (Å²) in [4.78, 5) is 12.1. The molecule has 0 aliphatic carbocycles. The summed E-state index contributed by atoms with van der Waals surface area (Å²) in [7, 11) is 0. The van der Waals surface area contributed by atoms with E-state index >= 15 is 0 Å². The molecule has 2 aromatic rings. The van der Waals surface area contributed by atoms with Gasteiger partial charge in [-0.2, -0.15) is 5.26 Å². The van der Waals surface area contributed by atoms with Crippen LogP contribution in [-0.2, 0) is 16.0 Å². The van der Waals surface area contributed by atoms with Gasteiger partial charge >= 0.3 is 5.97 Å². The first-order chi connectivity index (χ1) is 11.8. The predicted molar refractivity (Wildman–Crippen MR) is 94.0 cm³/mol. The number of rotatable bonds is 8. The molecule has 0 radical (unpaired) electrons. The van der Waals surface area contributed by atoms with Crippen LogP contribution in [-0.4, -0.2) is 25.2 Å². The molecule has 0 aliphatic rings. The molecule has 0 aliphatic heterocycles. The minimum atomic E-state index is -0.485. The standard InChI is InChI=1S/C20H20N2O2/c21-13-15-24-20(23)19(16-18-10-5-2-6-11-18)22-14-7-12-17-8-3-1-4-9-17/h1-12,19,22H,14-16H2/b12-7+/t19-/m0/s1. The van der Waals surface area contributed by atoms with Gasteiger partial charge in [-0.15, -0.1) is 0 Å². The first-order valence-electron chi connectivity index (χ1n) is 7.82. The molecule has 24 heavy (non-hydrogen) atoms. The number of nitriles is 1. The number of nitrogens with one attached hydrogen (secondary N) is 1. The van der Waals surface area contributed by atoms with Crippen LogP contribution >= 0.6 is 0 Å². The van der Waals surface area contributed by atoms with Crippen molar-refractivity contribution in [2.24, 2.45) is 0 Å². The van der Waals surface area contributed by atoms with Gasteiger partial charge in [-0.05, 0) is 17.5 Å². The zero-order chi connectivity index (χ0) is 17.0. The van der Waals surface area contributed by atoms with Crippen LogP contribution in [0.25, 0.3) is 6.08 Å². The summed E-state index contributed by atoms with van der Waals surface area (Å²) < 4.78 is 4.95. The fourth-order valence-electron chi connectivity index (χ4n) is 2.26. The van der Waals surface area contributed by atoms with Crippen LogP contribution in [0.5, 0.6) is 0 Å².